The predicted octanol–water partition coefficient (Wildman–Crippen LogP) is 0.820. The summed E-state index contributed by atoms with van der Waals surface area (Å²) in [5, 5.41) is 0. The van der Waals surface area contributed by atoms with Crippen LogP contribution in [0.4, 0.5) is 0 Å². The highest BCUT2D eigenvalue weighted by molar-refractivity contribution is 7.87. The molecule has 0 heterocycles. The van der Waals surface area contributed by atoms with Gasteiger partial charge in [0.15, 0.2) is 0 Å². The second-order valence-corrected chi connectivity index (χ2v) is 6.22. The summed E-state index contributed by atoms with van der Waals surface area (Å²) in [7, 11) is -1.88. The van der Waals surface area contributed by atoms with Crippen molar-refractivity contribution >= 4 is 10.2 Å². The Balaban J connectivity index is 2.76. The molecule has 0 aliphatic rings. The number of nitrogens with two attached hydrogens (primary N) is 1. The van der Waals surface area contributed by atoms with E-state index in [0.717, 1.165) is 11.1 Å². The lowest BCUT2D eigenvalue weighted by atomic mass is 10.1. The topological polar surface area (TPSA) is 75.4 Å². The van der Waals surface area contributed by atoms with Crippen molar-refractivity contribution in [1.29, 1.82) is 0 Å². The Morgan fingerprint density at radius 1 is 1.28 bits per heavy atom. The maximum absolute atomic E-state index is 11.9. The third-order valence-electron chi connectivity index (χ3n) is 2.89. The molecule has 0 bridgehead atoms. The molecule has 0 atom stereocenters. The molecule has 0 unspecified atom stereocenters. The Morgan fingerprint density at radius 2 is 1.83 bits per heavy atom. The first-order valence-corrected chi connectivity index (χ1v) is 7.32. The third-order valence-corrected chi connectivity index (χ3v) is 4.58. The first kappa shape index (κ1) is 15.1. The lowest BCUT2D eigenvalue weighted by Gasteiger charge is -2.21. The van der Waals surface area contributed by atoms with E-state index in [1.165, 1.54) is 4.31 Å². The normalized spacial score (nSPS) is 12.3. The van der Waals surface area contributed by atoms with Crippen LogP contribution in [-0.4, -0.2) is 25.8 Å². The molecule has 102 valence electrons. The Hall–Kier alpha value is -0.950. The first-order chi connectivity index (χ1) is 8.38. The molecule has 0 saturated carbocycles. The lowest BCUT2D eigenvalue weighted by Crippen LogP contribution is -2.41. The van der Waals surface area contributed by atoms with Crippen LogP contribution in [0.2, 0.25) is 0 Å². The van der Waals surface area contributed by atoms with Gasteiger partial charge in [0.25, 0.3) is 10.2 Å². The zero-order valence-corrected chi connectivity index (χ0v) is 11.9. The summed E-state index contributed by atoms with van der Waals surface area (Å²) >= 11 is 0. The molecular formula is C12H21N3O2S. The zero-order chi connectivity index (χ0) is 13.8. The quantitative estimate of drug-likeness (QED) is 0.804. The molecule has 0 fully saturated rings. The average Bonchev–Trinajstić information content (AvgIpc) is 2.35. The van der Waals surface area contributed by atoms with Crippen molar-refractivity contribution in [3.63, 3.8) is 0 Å². The molecule has 0 spiro atoms. The number of nitrogens with zero attached hydrogens (tertiary/aromatic N) is 1. The second-order valence-electron chi connectivity index (χ2n) is 4.41. The highest BCUT2D eigenvalue weighted by Crippen LogP contribution is 2.09. The predicted molar refractivity (Wildman–Crippen MR) is 73.0 cm³/mol. The van der Waals surface area contributed by atoms with E-state index < -0.39 is 10.2 Å². The second kappa shape index (κ2) is 6.29. The number of nitrogens with one attached hydrogen (secondary N) is 1. The molecule has 0 aliphatic heterocycles. The van der Waals surface area contributed by atoms with Crippen LogP contribution in [0.1, 0.15) is 25.0 Å². The zero-order valence-electron chi connectivity index (χ0n) is 11.1. The van der Waals surface area contributed by atoms with E-state index in [1.54, 1.807) is 7.05 Å². The minimum Gasteiger partial charge on any atom is -0.326 e. The summed E-state index contributed by atoms with van der Waals surface area (Å²) in [6, 6.07) is 7.46. The summed E-state index contributed by atoms with van der Waals surface area (Å²) in [6.07, 6.45) is 0. The van der Waals surface area contributed by atoms with Crippen LogP contribution in [-0.2, 0) is 23.3 Å². The van der Waals surface area contributed by atoms with Gasteiger partial charge in [0.1, 0.15) is 0 Å². The van der Waals surface area contributed by atoms with Crippen molar-refractivity contribution in [3.8, 4) is 0 Å². The molecule has 0 aromatic heterocycles. The molecule has 1 aromatic rings. The van der Waals surface area contributed by atoms with Crippen molar-refractivity contribution in [3.05, 3.63) is 35.4 Å². The fraction of sp³-hybridized carbons (Fsp3) is 0.500. The minimum atomic E-state index is -3.44. The van der Waals surface area contributed by atoms with E-state index >= 15 is 0 Å². The molecule has 1 rings (SSSR count). The maximum atomic E-state index is 11.9. The summed E-state index contributed by atoms with van der Waals surface area (Å²) in [5.41, 5.74) is 7.47. The van der Waals surface area contributed by atoms with Gasteiger partial charge in [0.2, 0.25) is 0 Å². The highest BCUT2D eigenvalue weighted by Gasteiger charge is 2.19. The van der Waals surface area contributed by atoms with E-state index in [9.17, 15) is 8.42 Å². The van der Waals surface area contributed by atoms with Crippen LogP contribution in [0.3, 0.4) is 0 Å². The maximum Gasteiger partial charge on any atom is 0.279 e. The summed E-state index contributed by atoms with van der Waals surface area (Å²) < 4.78 is 27.7. The minimum absolute atomic E-state index is 0.0766. The Kier molecular flexibility index (Phi) is 5.28. The van der Waals surface area contributed by atoms with Crippen LogP contribution in [0.25, 0.3) is 0 Å². The monoisotopic (exact) mass is 271 g/mol. The van der Waals surface area contributed by atoms with E-state index in [0.29, 0.717) is 6.54 Å². The number of benzene rings is 1. The van der Waals surface area contributed by atoms with E-state index in [4.69, 9.17) is 5.73 Å². The van der Waals surface area contributed by atoms with Crippen LogP contribution < -0.4 is 10.5 Å². The van der Waals surface area contributed by atoms with Gasteiger partial charge in [-0.05, 0) is 25.0 Å². The van der Waals surface area contributed by atoms with E-state index in [-0.39, 0.29) is 12.6 Å². The van der Waals surface area contributed by atoms with Crippen LogP contribution in [0.15, 0.2) is 24.3 Å². The summed E-state index contributed by atoms with van der Waals surface area (Å²) in [6.45, 7) is 4.31. The fourth-order valence-electron chi connectivity index (χ4n) is 1.48. The molecule has 6 heteroatoms. The van der Waals surface area contributed by atoms with Gasteiger partial charge in [-0.15, -0.1) is 0 Å². The highest BCUT2D eigenvalue weighted by atomic mass is 32.2. The van der Waals surface area contributed by atoms with Crippen molar-refractivity contribution in [2.75, 3.05) is 7.05 Å². The molecule has 0 saturated heterocycles. The largest absolute Gasteiger partial charge is 0.326 e. The number of hydrogen-bond donors (Lipinski definition) is 2. The van der Waals surface area contributed by atoms with Gasteiger partial charge in [-0.2, -0.15) is 17.4 Å². The standard InChI is InChI=1S/C12H21N3O2S/c1-10(2)15(3)18(16,17)14-9-12-7-5-4-6-11(12)8-13/h4-7,10,14H,8-9,13H2,1-3H3. The van der Waals surface area contributed by atoms with Gasteiger partial charge in [-0.3, -0.25) is 0 Å². The Morgan fingerprint density at radius 3 is 2.33 bits per heavy atom. The van der Waals surface area contributed by atoms with Crippen LogP contribution in [0.5, 0.6) is 0 Å². The Labute approximate surface area is 109 Å². The summed E-state index contributed by atoms with van der Waals surface area (Å²) in [4.78, 5) is 0. The molecule has 0 amide bonds. The van der Waals surface area contributed by atoms with Crippen LogP contribution >= 0.6 is 0 Å². The molecular weight excluding hydrogens is 250 g/mol. The summed E-state index contributed by atoms with van der Waals surface area (Å²) in [5.74, 6) is 0. The van der Waals surface area contributed by atoms with E-state index in [2.05, 4.69) is 4.72 Å². The fourth-order valence-corrected chi connectivity index (χ4v) is 2.57. The average molecular weight is 271 g/mol. The van der Waals surface area contributed by atoms with Gasteiger partial charge in [-0.25, -0.2) is 0 Å². The molecule has 5 nitrogen and oxygen atoms in total. The molecule has 18 heavy (non-hydrogen) atoms. The smallest absolute Gasteiger partial charge is 0.279 e. The van der Waals surface area contributed by atoms with Gasteiger partial charge in [0.05, 0.1) is 0 Å². The van der Waals surface area contributed by atoms with Crippen molar-refractivity contribution < 1.29 is 8.42 Å². The number of hydrogen-bond acceptors (Lipinski definition) is 3. The van der Waals surface area contributed by atoms with E-state index in [1.807, 2.05) is 38.1 Å². The van der Waals surface area contributed by atoms with Gasteiger partial charge in [0, 0.05) is 26.2 Å². The Bertz CT molecular complexity index is 486. The number of rotatable bonds is 6. The lowest BCUT2D eigenvalue weighted by molar-refractivity contribution is 0.402. The molecule has 1 aromatic carbocycles. The molecule has 0 radical (unpaired) electrons. The van der Waals surface area contributed by atoms with Crippen molar-refractivity contribution in [2.45, 2.75) is 33.0 Å². The third kappa shape index (κ3) is 3.78. The SMILES string of the molecule is CC(C)N(C)S(=O)(=O)NCc1ccccc1CN. The van der Waals surface area contributed by atoms with Crippen LogP contribution in [0, 0.1) is 0 Å². The van der Waals surface area contributed by atoms with Gasteiger partial charge in [-0.1, -0.05) is 24.3 Å². The van der Waals surface area contributed by atoms with Gasteiger partial charge >= 0.3 is 0 Å². The molecule has 0 aliphatic carbocycles. The van der Waals surface area contributed by atoms with Gasteiger partial charge < -0.3 is 5.73 Å². The van der Waals surface area contributed by atoms with Crippen molar-refractivity contribution in [1.82, 2.24) is 9.03 Å². The molecule has 3 N–H and O–H groups in total. The first-order valence-electron chi connectivity index (χ1n) is 5.88. The van der Waals surface area contributed by atoms with Crippen molar-refractivity contribution in [2.24, 2.45) is 5.73 Å².